The van der Waals surface area contributed by atoms with Crippen molar-refractivity contribution in [3.63, 3.8) is 0 Å². The third kappa shape index (κ3) is 5.68. The molecule has 2 heterocycles. The molecule has 0 bridgehead atoms. The van der Waals surface area contributed by atoms with Crippen molar-refractivity contribution >= 4 is 5.91 Å². The second-order valence-electron chi connectivity index (χ2n) is 6.80. The zero-order valence-electron chi connectivity index (χ0n) is 14.7. The maximum atomic E-state index is 12.4. The summed E-state index contributed by atoms with van der Waals surface area (Å²) < 4.78 is 0. The zero-order valence-corrected chi connectivity index (χ0v) is 14.7. The van der Waals surface area contributed by atoms with Crippen molar-refractivity contribution < 1.29 is 4.79 Å². The average molecular weight is 337 g/mol. The first kappa shape index (κ1) is 17.6. The standard InChI is InChI=1S/C21H27N3O/c25-21(8-13-23-17-20-6-11-22-12-7-20)24-14-9-19(10-15-24)16-18-4-2-1-3-5-18/h1-7,11-12,19,23H,8-10,13-17H2. The first-order valence-corrected chi connectivity index (χ1v) is 9.22. The van der Waals surface area contributed by atoms with Gasteiger partial charge in [-0.25, -0.2) is 0 Å². The number of nitrogens with one attached hydrogen (secondary N) is 1. The summed E-state index contributed by atoms with van der Waals surface area (Å²) in [6.45, 7) is 3.32. The molecule has 3 rings (SSSR count). The van der Waals surface area contributed by atoms with Crippen molar-refractivity contribution in [3.05, 3.63) is 66.0 Å². The van der Waals surface area contributed by atoms with E-state index in [1.54, 1.807) is 12.4 Å². The van der Waals surface area contributed by atoms with Crippen LogP contribution in [-0.2, 0) is 17.8 Å². The van der Waals surface area contributed by atoms with Crippen LogP contribution in [0.1, 0.15) is 30.4 Å². The van der Waals surface area contributed by atoms with Crippen molar-refractivity contribution in [2.24, 2.45) is 5.92 Å². The summed E-state index contributed by atoms with van der Waals surface area (Å²) in [5.41, 5.74) is 2.61. The van der Waals surface area contributed by atoms with E-state index in [0.29, 0.717) is 12.3 Å². The van der Waals surface area contributed by atoms with Crippen LogP contribution in [0.25, 0.3) is 0 Å². The van der Waals surface area contributed by atoms with Crippen LogP contribution >= 0.6 is 0 Å². The van der Waals surface area contributed by atoms with Gasteiger partial charge in [-0.2, -0.15) is 0 Å². The molecule has 1 aromatic heterocycles. The fraction of sp³-hybridized carbons (Fsp3) is 0.429. The molecule has 1 aliphatic rings. The van der Waals surface area contributed by atoms with Crippen LogP contribution in [0.5, 0.6) is 0 Å². The Morgan fingerprint density at radius 1 is 1.04 bits per heavy atom. The number of aromatic nitrogens is 1. The van der Waals surface area contributed by atoms with Gasteiger partial charge in [-0.05, 0) is 48.4 Å². The molecule has 0 radical (unpaired) electrons. The van der Waals surface area contributed by atoms with Crippen LogP contribution in [0.4, 0.5) is 0 Å². The number of nitrogens with zero attached hydrogens (tertiary/aromatic N) is 2. The second-order valence-corrected chi connectivity index (χ2v) is 6.80. The van der Waals surface area contributed by atoms with Crippen LogP contribution in [0.3, 0.4) is 0 Å². The van der Waals surface area contributed by atoms with Crippen molar-refractivity contribution in [2.75, 3.05) is 19.6 Å². The van der Waals surface area contributed by atoms with E-state index in [1.165, 1.54) is 11.1 Å². The molecule has 1 amide bonds. The van der Waals surface area contributed by atoms with Crippen LogP contribution in [-0.4, -0.2) is 35.4 Å². The SMILES string of the molecule is O=C(CCNCc1ccncc1)N1CCC(Cc2ccccc2)CC1. The predicted molar refractivity (Wildman–Crippen MR) is 100 cm³/mol. The minimum absolute atomic E-state index is 0.278. The van der Waals surface area contributed by atoms with E-state index >= 15 is 0 Å². The van der Waals surface area contributed by atoms with Gasteiger partial charge in [0.25, 0.3) is 0 Å². The molecular formula is C21H27N3O. The normalized spacial score (nSPS) is 15.3. The Bertz CT molecular complexity index is 637. The zero-order chi connectivity index (χ0) is 17.3. The third-order valence-electron chi connectivity index (χ3n) is 4.93. The van der Waals surface area contributed by atoms with Gasteiger partial charge in [-0.1, -0.05) is 30.3 Å². The molecule has 0 atom stereocenters. The number of hydrogen-bond acceptors (Lipinski definition) is 3. The highest BCUT2D eigenvalue weighted by molar-refractivity contribution is 5.76. The maximum Gasteiger partial charge on any atom is 0.223 e. The molecule has 0 unspecified atom stereocenters. The van der Waals surface area contributed by atoms with Crippen molar-refractivity contribution in [2.45, 2.75) is 32.2 Å². The molecule has 0 aliphatic carbocycles. The number of amides is 1. The monoisotopic (exact) mass is 337 g/mol. The van der Waals surface area contributed by atoms with Gasteiger partial charge < -0.3 is 10.2 Å². The lowest BCUT2D eigenvalue weighted by atomic mass is 9.90. The summed E-state index contributed by atoms with van der Waals surface area (Å²) in [6.07, 6.45) is 7.53. The van der Waals surface area contributed by atoms with Crippen LogP contribution in [0, 0.1) is 5.92 Å². The highest BCUT2D eigenvalue weighted by atomic mass is 16.2. The summed E-state index contributed by atoms with van der Waals surface area (Å²) in [5, 5.41) is 3.34. The number of hydrogen-bond donors (Lipinski definition) is 1. The first-order valence-electron chi connectivity index (χ1n) is 9.22. The summed E-state index contributed by atoms with van der Waals surface area (Å²) in [5.74, 6) is 0.983. The number of benzene rings is 1. The minimum atomic E-state index is 0.278. The molecule has 2 aromatic rings. The Labute approximate surface area is 150 Å². The van der Waals surface area contributed by atoms with E-state index in [-0.39, 0.29) is 5.91 Å². The van der Waals surface area contributed by atoms with Gasteiger partial charge in [0.15, 0.2) is 0 Å². The number of piperidine rings is 1. The number of carbonyl (C=O) groups excluding carboxylic acids is 1. The smallest absolute Gasteiger partial charge is 0.223 e. The average Bonchev–Trinajstić information content (AvgIpc) is 2.67. The predicted octanol–water partition coefficient (Wildman–Crippen LogP) is 3.04. The first-order chi connectivity index (χ1) is 12.3. The third-order valence-corrected chi connectivity index (χ3v) is 4.93. The summed E-state index contributed by atoms with van der Waals surface area (Å²) in [4.78, 5) is 18.4. The number of likely N-dealkylation sites (tertiary alicyclic amines) is 1. The quantitative estimate of drug-likeness (QED) is 0.790. The van der Waals surface area contributed by atoms with E-state index in [1.807, 2.05) is 17.0 Å². The Morgan fingerprint density at radius 3 is 2.48 bits per heavy atom. The van der Waals surface area contributed by atoms with Crippen LogP contribution in [0.2, 0.25) is 0 Å². The fourth-order valence-corrected chi connectivity index (χ4v) is 3.42. The number of rotatable bonds is 7. The number of pyridine rings is 1. The molecule has 1 saturated heterocycles. The molecular weight excluding hydrogens is 310 g/mol. The lowest BCUT2D eigenvalue weighted by molar-refractivity contribution is -0.132. The molecule has 1 N–H and O–H groups in total. The van der Waals surface area contributed by atoms with Gasteiger partial charge in [0.1, 0.15) is 0 Å². The maximum absolute atomic E-state index is 12.4. The largest absolute Gasteiger partial charge is 0.343 e. The topological polar surface area (TPSA) is 45.2 Å². The van der Waals surface area contributed by atoms with Gasteiger partial charge in [-0.15, -0.1) is 0 Å². The number of carbonyl (C=O) groups is 1. The second kappa shape index (κ2) is 9.33. The van der Waals surface area contributed by atoms with E-state index in [9.17, 15) is 4.79 Å². The molecule has 0 saturated carbocycles. The van der Waals surface area contributed by atoms with Crippen molar-refractivity contribution in [1.29, 1.82) is 0 Å². The molecule has 1 aromatic carbocycles. The Hall–Kier alpha value is -2.20. The summed E-state index contributed by atoms with van der Waals surface area (Å²) in [7, 11) is 0. The molecule has 25 heavy (non-hydrogen) atoms. The lowest BCUT2D eigenvalue weighted by Gasteiger charge is -2.32. The molecule has 4 nitrogen and oxygen atoms in total. The van der Waals surface area contributed by atoms with Crippen LogP contribution < -0.4 is 5.32 Å². The minimum Gasteiger partial charge on any atom is -0.343 e. The molecule has 1 fully saturated rings. The van der Waals surface area contributed by atoms with Gasteiger partial charge in [-0.3, -0.25) is 9.78 Å². The Balaban J connectivity index is 1.33. The summed E-state index contributed by atoms with van der Waals surface area (Å²) >= 11 is 0. The Morgan fingerprint density at radius 2 is 1.76 bits per heavy atom. The van der Waals surface area contributed by atoms with Gasteiger partial charge in [0.2, 0.25) is 5.91 Å². The lowest BCUT2D eigenvalue weighted by Crippen LogP contribution is -2.39. The van der Waals surface area contributed by atoms with Crippen molar-refractivity contribution in [3.8, 4) is 0 Å². The highest BCUT2D eigenvalue weighted by Gasteiger charge is 2.22. The van der Waals surface area contributed by atoms with Gasteiger partial charge >= 0.3 is 0 Å². The van der Waals surface area contributed by atoms with Gasteiger partial charge in [0, 0.05) is 45.0 Å². The molecule has 1 aliphatic heterocycles. The summed E-state index contributed by atoms with van der Waals surface area (Å²) in [6, 6.07) is 14.7. The van der Waals surface area contributed by atoms with E-state index < -0.39 is 0 Å². The molecule has 0 spiro atoms. The Kier molecular flexibility index (Phi) is 6.57. The van der Waals surface area contributed by atoms with Gasteiger partial charge in [0.05, 0.1) is 0 Å². The van der Waals surface area contributed by atoms with Crippen LogP contribution in [0.15, 0.2) is 54.9 Å². The van der Waals surface area contributed by atoms with E-state index in [0.717, 1.165) is 45.4 Å². The molecule has 132 valence electrons. The van der Waals surface area contributed by atoms with E-state index in [4.69, 9.17) is 0 Å². The molecule has 4 heteroatoms. The highest BCUT2D eigenvalue weighted by Crippen LogP contribution is 2.22. The van der Waals surface area contributed by atoms with E-state index in [2.05, 4.69) is 40.6 Å². The fourth-order valence-electron chi connectivity index (χ4n) is 3.42. The van der Waals surface area contributed by atoms with Crippen molar-refractivity contribution in [1.82, 2.24) is 15.2 Å².